The minimum absolute atomic E-state index is 0.323. The maximum Gasteiger partial charge on any atom is 0.0759 e. The first-order valence-corrected chi connectivity index (χ1v) is 8.81. The number of benzene rings is 2. The third kappa shape index (κ3) is 3.02. The van der Waals surface area contributed by atoms with Crippen LogP contribution in [0, 0.1) is 6.92 Å². The van der Waals surface area contributed by atoms with Gasteiger partial charge in [-0.3, -0.25) is 4.90 Å². The Morgan fingerprint density at radius 1 is 0.917 bits per heavy atom. The summed E-state index contributed by atoms with van der Waals surface area (Å²) in [6.07, 6.45) is 3.41. The van der Waals surface area contributed by atoms with Crippen molar-refractivity contribution in [3.8, 4) is 0 Å². The predicted molar refractivity (Wildman–Crippen MR) is 98.9 cm³/mol. The molecule has 0 saturated heterocycles. The van der Waals surface area contributed by atoms with Crippen LogP contribution in [-0.4, -0.2) is 16.0 Å². The lowest BCUT2D eigenvalue weighted by atomic mass is 10.0. The van der Waals surface area contributed by atoms with Gasteiger partial charge in [0.2, 0.25) is 0 Å². The first kappa shape index (κ1) is 15.2. The summed E-state index contributed by atoms with van der Waals surface area (Å²) >= 11 is 0. The van der Waals surface area contributed by atoms with Crippen molar-refractivity contribution in [2.24, 2.45) is 0 Å². The molecule has 0 fully saturated rings. The lowest BCUT2D eigenvalue weighted by Gasteiger charge is -2.30. The minimum atomic E-state index is 0.323. The molecule has 0 aliphatic carbocycles. The van der Waals surface area contributed by atoms with E-state index in [1.54, 1.807) is 0 Å². The number of fused-ring (bicyclic) bond motifs is 1. The molecule has 2 nitrogen and oxygen atoms in total. The second-order valence-electron chi connectivity index (χ2n) is 6.75. The average molecular weight is 316 g/mol. The Bertz CT molecular complexity index is 804. The number of aromatic nitrogens is 1. The molecule has 0 unspecified atom stereocenters. The molecule has 0 radical (unpaired) electrons. The Hall–Kier alpha value is -2.32. The highest BCUT2D eigenvalue weighted by Gasteiger charge is 2.27. The second kappa shape index (κ2) is 6.66. The summed E-state index contributed by atoms with van der Waals surface area (Å²) < 4.78 is 2.42. The summed E-state index contributed by atoms with van der Waals surface area (Å²) in [6, 6.07) is 24.6. The molecule has 2 heterocycles. The molecule has 2 heteroatoms. The molecular weight excluding hydrogens is 292 g/mol. The fraction of sp³-hybridized carbons (Fsp3) is 0.273. The fourth-order valence-electron chi connectivity index (χ4n) is 3.87. The Labute approximate surface area is 144 Å². The molecular formula is C22H24N2. The van der Waals surface area contributed by atoms with E-state index >= 15 is 0 Å². The monoisotopic (exact) mass is 316 g/mol. The van der Waals surface area contributed by atoms with Crippen LogP contribution in [0.1, 0.15) is 34.8 Å². The molecule has 0 saturated carbocycles. The summed E-state index contributed by atoms with van der Waals surface area (Å²) in [5.74, 6) is 0. The van der Waals surface area contributed by atoms with Gasteiger partial charge in [-0.05, 0) is 36.6 Å². The first-order chi connectivity index (χ1) is 11.8. The highest BCUT2D eigenvalue weighted by atomic mass is 15.2. The average Bonchev–Trinajstić information content (AvgIpc) is 2.97. The zero-order valence-corrected chi connectivity index (χ0v) is 14.2. The van der Waals surface area contributed by atoms with Crippen molar-refractivity contribution in [1.82, 2.24) is 9.47 Å². The zero-order valence-electron chi connectivity index (χ0n) is 14.2. The fourth-order valence-corrected chi connectivity index (χ4v) is 3.87. The Morgan fingerprint density at radius 2 is 1.79 bits per heavy atom. The molecule has 2 aromatic carbocycles. The van der Waals surface area contributed by atoms with Gasteiger partial charge in [0.25, 0.3) is 0 Å². The van der Waals surface area contributed by atoms with Gasteiger partial charge in [-0.2, -0.15) is 0 Å². The first-order valence-electron chi connectivity index (χ1n) is 8.81. The molecule has 1 aliphatic heterocycles. The zero-order chi connectivity index (χ0) is 16.4. The molecule has 3 aromatic rings. The number of nitrogens with zero attached hydrogens (tertiary/aromatic N) is 2. The molecule has 4 rings (SSSR count). The van der Waals surface area contributed by atoms with Gasteiger partial charge < -0.3 is 4.57 Å². The molecule has 0 N–H and O–H groups in total. The van der Waals surface area contributed by atoms with E-state index in [0.29, 0.717) is 6.04 Å². The van der Waals surface area contributed by atoms with Crippen LogP contribution in [0.25, 0.3) is 0 Å². The SMILES string of the molecule is Cc1cccc(CN2CCCn3cccc3[C@H]2c2ccccc2)c1. The van der Waals surface area contributed by atoms with E-state index < -0.39 is 0 Å². The van der Waals surface area contributed by atoms with Crippen molar-refractivity contribution in [3.05, 3.63) is 95.3 Å². The molecule has 0 amide bonds. The number of aryl methyl sites for hydroxylation is 2. The third-order valence-corrected chi connectivity index (χ3v) is 4.94. The van der Waals surface area contributed by atoms with Crippen LogP contribution in [-0.2, 0) is 13.1 Å². The van der Waals surface area contributed by atoms with Gasteiger partial charge in [-0.25, -0.2) is 0 Å². The lowest BCUT2D eigenvalue weighted by Crippen LogP contribution is -2.29. The Morgan fingerprint density at radius 3 is 2.62 bits per heavy atom. The predicted octanol–water partition coefficient (Wildman–Crippen LogP) is 4.79. The van der Waals surface area contributed by atoms with E-state index in [1.165, 1.54) is 28.8 Å². The van der Waals surface area contributed by atoms with Crippen LogP contribution >= 0.6 is 0 Å². The maximum atomic E-state index is 2.63. The Balaban J connectivity index is 1.73. The van der Waals surface area contributed by atoms with Crippen LogP contribution in [0.5, 0.6) is 0 Å². The second-order valence-corrected chi connectivity index (χ2v) is 6.75. The molecule has 1 aromatic heterocycles. The van der Waals surface area contributed by atoms with Crippen LogP contribution in [0.3, 0.4) is 0 Å². The van der Waals surface area contributed by atoms with Gasteiger partial charge >= 0.3 is 0 Å². The quantitative estimate of drug-likeness (QED) is 0.674. The summed E-state index contributed by atoms with van der Waals surface area (Å²) in [5.41, 5.74) is 5.52. The van der Waals surface area contributed by atoms with Crippen molar-refractivity contribution >= 4 is 0 Å². The van der Waals surface area contributed by atoms with Gasteiger partial charge in [-0.1, -0.05) is 60.2 Å². The van der Waals surface area contributed by atoms with E-state index in [9.17, 15) is 0 Å². The van der Waals surface area contributed by atoms with E-state index in [1.807, 2.05) is 0 Å². The molecule has 0 spiro atoms. The van der Waals surface area contributed by atoms with Gasteiger partial charge in [0.05, 0.1) is 6.04 Å². The Kier molecular flexibility index (Phi) is 4.22. The minimum Gasteiger partial charge on any atom is -0.350 e. The van der Waals surface area contributed by atoms with Crippen molar-refractivity contribution in [2.45, 2.75) is 32.5 Å². The lowest BCUT2D eigenvalue weighted by molar-refractivity contribution is 0.220. The molecule has 1 atom stereocenters. The van der Waals surface area contributed by atoms with E-state index in [0.717, 1.165) is 19.6 Å². The largest absolute Gasteiger partial charge is 0.350 e. The highest BCUT2D eigenvalue weighted by Crippen LogP contribution is 2.32. The molecule has 24 heavy (non-hydrogen) atoms. The smallest absolute Gasteiger partial charge is 0.0759 e. The van der Waals surface area contributed by atoms with Gasteiger partial charge in [-0.15, -0.1) is 0 Å². The molecule has 122 valence electrons. The maximum absolute atomic E-state index is 2.63. The number of hydrogen-bond donors (Lipinski definition) is 0. The normalized spacial score (nSPS) is 18.1. The van der Waals surface area contributed by atoms with Crippen molar-refractivity contribution < 1.29 is 0 Å². The topological polar surface area (TPSA) is 8.17 Å². The summed E-state index contributed by atoms with van der Waals surface area (Å²) in [4.78, 5) is 2.63. The summed E-state index contributed by atoms with van der Waals surface area (Å²) in [7, 11) is 0. The van der Waals surface area contributed by atoms with Gasteiger partial charge in [0, 0.05) is 31.5 Å². The molecule has 1 aliphatic rings. The van der Waals surface area contributed by atoms with Crippen molar-refractivity contribution in [2.75, 3.05) is 6.54 Å². The summed E-state index contributed by atoms with van der Waals surface area (Å²) in [5, 5.41) is 0. The standard InChI is InChI=1S/C22H24N2/c1-18-8-5-9-19(16-18)17-24-15-7-14-23-13-6-12-21(23)22(24)20-10-3-2-4-11-20/h2-6,8-13,16,22H,7,14-15,17H2,1H3/t22-/m1/s1. The van der Waals surface area contributed by atoms with Crippen LogP contribution in [0.15, 0.2) is 72.9 Å². The summed E-state index contributed by atoms with van der Waals surface area (Å²) in [6.45, 7) is 5.39. The molecule has 0 bridgehead atoms. The van der Waals surface area contributed by atoms with E-state index in [4.69, 9.17) is 0 Å². The number of hydrogen-bond acceptors (Lipinski definition) is 1. The van der Waals surface area contributed by atoms with Gasteiger partial charge in [0.1, 0.15) is 0 Å². The van der Waals surface area contributed by atoms with Crippen molar-refractivity contribution in [1.29, 1.82) is 0 Å². The third-order valence-electron chi connectivity index (χ3n) is 4.94. The van der Waals surface area contributed by atoms with Crippen LogP contribution in [0.2, 0.25) is 0 Å². The van der Waals surface area contributed by atoms with Crippen LogP contribution in [0.4, 0.5) is 0 Å². The van der Waals surface area contributed by atoms with E-state index in [-0.39, 0.29) is 0 Å². The van der Waals surface area contributed by atoms with Crippen LogP contribution < -0.4 is 0 Å². The number of rotatable bonds is 3. The van der Waals surface area contributed by atoms with Gasteiger partial charge in [0.15, 0.2) is 0 Å². The van der Waals surface area contributed by atoms with Crippen molar-refractivity contribution in [3.63, 3.8) is 0 Å². The van der Waals surface area contributed by atoms with E-state index in [2.05, 4.69) is 89.3 Å². The highest BCUT2D eigenvalue weighted by molar-refractivity contribution is 5.30.